The predicted molar refractivity (Wildman–Crippen MR) is 119 cm³/mol. The van der Waals surface area contributed by atoms with E-state index >= 15 is 0 Å². The number of nitrogens with zero attached hydrogens (tertiary/aromatic N) is 1. The predicted octanol–water partition coefficient (Wildman–Crippen LogP) is 5.07. The summed E-state index contributed by atoms with van der Waals surface area (Å²) in [6.45, 7) is 1.80. The first-order valence-corrected chi connectivity index (χ1v) is 11.2. The highest BCUT2D eigenvalue weighted by molar-refractivity contribution is 7.91. The fourth-order valence-electron chi connectivity index (χ4n) is 3.37. The van der Waals surface area contributed by atoms with Crippen molar-refractivity contribution in [3.8, 4) is 0 Å². The zero-order chi connectivity index (χ0) is 21.3. The summed E-state index contributed by atoms with van der Waals surface area (Å²) in [6.07, 6.45) is 1.53. The fourth-order valence-corrected chi connectivity index (χ4v) is 5.04. The summed E-state index contributed by atoms with van der Waals surface area (Å²) < 4.78 is 28.0. The summed E-state index contributed by atoms with van der Waals surface area (Å²) in [4.78, 5) is 13.1. The van der Waals surface area contributed by atoms with E-state index in [1.165, 1.54) is 6.20 Å². The number of hydrogen-bond donors (Lipinski definition) is 1. The second-order valence-corrected chi connectivity index (χ2v) is 9.24. The molecule has 1 N–H and O–H groups in total. The van der Waals surface area contributed by atoms with Crippen molar-refractivity contribution in [1.29, 1.82) is 0 Å². The van der Waals surface area contributed by atoms with Gasteiger partial charge in [0.1, 0.15) is 6.54 Å². The van der Waals surface area contributed by atoms with Crippen molar-refractivity contribution < 1.29 is 13.2 Å². The molecule has 0 aliphatic rings. The Kier molecular flexibility index (Phi) is 5.37. The maximum Gasteiger partial charge on any atom is 0.244 e. The van der Waals surface area contributed by atoms with E-state index in [1.54, 1.807) is 71.3 Å². The Bertz CT molecular complexity index is 1350. The molecule has 0 aliphatic carbocycles. The van der Waals surface area contributed by atoms with Crippen LogP contribution in [0.25, 0.3) is 10.9 Å². The van der Waals surface area contributed by atoms with E-state index in [-0.39, 0.29) is 22.2 Å². The molecule has 0 saturated heterocycles. The number of carbonyl (C=O) groups excluding carboxylic acids is 1. The molecule has 7 heteroatoms. The molecule has 4 aromatic rings. The van der Waals surface area contributed by atoms with E-state index in [1.807, 2.05) is 13.0 Å². The molecular formula is C23H19ClN2O3S. The number of aromatic nitrogens is 1. The third-order valence-electron chi connectivity index (χ3n) is 4.95. The second kappa shape index (κ2) is 7.97. The fraction of sp³-hybridized carbons (Fsp3) is 0.0870. The van der Waals surface area contributed by atoms with E-state index in [9.17, 15) is 13.2 Å². The molecule has 3 aromatic carbocycles. The monoisotopic (exact) mass is 438 g/mol. The Hall–Kier alpha value is -3.09. The first-order chi connectivity index (χ1) is 14.4. The van der Waals surface area contributed by atoms with Gasteiger partial charge in [-0.3, -0.25) is 4.79 Å². The van der Waals surface area contributed by atoms with Crippen LogP contribution in [0.1, 0.15) is 5.56 Å². The van der Waals surface area contributed by atoms with Crippen molar-refractivity contribution in [3.05, 3.63) is 89.6 Å². The molecule has 1 heterocycles. The molecule has 1 amide bonds. The smallest absolute Gasteiger partial charge is 0.244 e. The summed E-state index contributed by atoms with van der Waals surface area (Å²) in [5.41, 5.74) is 2.07. The van der Waals surface area contributed by atoms with Crippen molar-refractivity contribution in [2.75, 3.05) is 5.32 Å². The van der Waals surface area contributed by atoms with Crippen molar-refractivity contribution in [2.24, 2.45) is 0 Å². The number of nitrogens with one attached hydrogen (secondary N) is 1. The summed E-state index contributed by atoms with van der Waals surface area (Å²) in [5, 5.41) is 3.99. The second-order valence-electron chi connectivity index (χ2n) is 6.92. The molecule has 30 heavy (non-hydrogen) atoms. The van der Waals surface area contributed by atoms with Gasteiger partial charge in [0.25, 0.3) is 0 Å². The Morgan fingerprint density at radius 1 is 0.967 bits per heavy atom. The first kappa shape index (κ1) is 20.2. The lowest BCUT2D eigenvalue weighted by Gasteiger charge is -2.10. The number of halogens is 1. The third kappa shape index (κ3) is 3.72. The van der Waals surface area contributed by atoms with Crippen LogP contribution in [0, 0.1) is 6.92 Å². The molecule has 0 radical (unpaired) electrons. The highest BCUT2D eigenvalue weighted by Crippen LogP contribution is 2.30. The number of carbonyl (C=O) groups is 1. The zero-order valence-electron chi connectivity index (χ0n) is 16.2. The van der Waals surface area contributed by atoms with Crippen LogP contribution in [-0.4, -0.2) is 18.9 Å². The van der Waals surface area contributed by atoms with E-state index in [2.05, 4.69) is 5.32 Å². The number of amides is 1. The molecular weight excluding hydrogens is 420 g/mol. The molecule has 0 atom stereocenters. The lowest BCUT2D eigenvalue weighted by Crippen LogP contribution is -2.18. The average Bonchev–Trinajstić information content (AvgIpc) is 3.11. The van der Waals surface area contributed by atoms with Gasteiger partial charge in [0.2, 0.25) is 15.7 Å². The topological polar surface area (TPSA) is 68.2 Å². The molecule has 0 bridgehead atoms. The molecule has 4 rings (SSSR count). The molecule has 0 aliphatic heterocycles. The minimum absolute atomic E-state index is 0.0310. The highest BCUT2D eigenvalue weighted by atomic mass is 35.5. The molecule has 0 unspecified atom stereocenters. The van der Waals surface area contributed by atoms with Crippen LogP contribution in [-0.2, 0) is 21.2 Å². The largest absolute Gasteiger partial charge is 0.337 e. The van der Waals surface area contributed by atoms with Crippen LogP contribution in [0.4, 0.5) is 5.69 Å². The number of rotatable bonds is 5. The quantitative estimate of drug-likeness (QED) is 0.472. The highest BCUT2D eigenvalue weighted by Gasteiger charge is 2.23. The van der Waals surface area contributed by atoms with Gasteiger partial charge < -0.3 is 9.88 Å². The van der Waals surface area contributed by atoms with Crippen LogP contribution in [0.5, 0.6) is 0 Å². The number of hydrogen-bond acceptors (Lipinski definition) is 3. The minimum atomic E-state index is -3.72. The SMILES string of the molecule is Cc1c(Cl)cccc1NC(=O)Cn1cc(S(=O)(=O)c2ccccc2)c2ccccc21. The summed E-state index contributed by atoms with van der Waals surface area (Å²) >= 11 is 6.12. The number of fused-ring (bicyclic) bond motifs is 1. The molecule has 5 nitrogen and oxygen atoms in total. The lowest BCUT2D eigenvalue weighted by molar-refractivity contribution is -0.116. The van der Waals surface area contributed by atoms with Crippen LogP contribution >= 0.6 is 11.6 Å². The van der Waals surface area contributed by atoms with Crippen molar-refractivity contribution in [2.45, 2.75) is 23.3 Å². The first-order valence-electron chi connectivity index (χ1n) is 9.31. The average molecular weight is 439 g/mol. The van der Waals surface area contributed by atoms with Crippen LogP contribution < -0.4 is 5.32 Å². The van der Waals surface area contributed by atoms with Gasteiger partial charge in [-0.05, 0) is 42.8 Å². The molecule has 1 aromatic heterocycles. The summed E-state index contributed by atoms with van der Waals surface area (Å²) in [5.74, 6) is -0.273. The minimum Gasteiger partial charge on any atom is -0.337 e. The Labute approximate surface area is 179 Å². The van der Waals surface area contributed by atoms with Crippen LogP contribution in [0.15, 0.2) is 88.8 Å². The van der Waals surface area contributed by atoms with Gasteiger partial charge in [-0.25, -0.2) is 8.42 Å². The zero-order valence-corrected chi connectivity index (χ0v) is 17.7. The van der Waals surface area contributed by atoms with Crippen molar-refractivity contribution in [3.63, 3.8) is 0 Å². The van der Waals surface area contributed by atoms with Gasteiger partial charge in [-0.1, -0.05) is 54.1 Å². The van der Waals surface area contributed by atoms with Crippen LogP contribution in [0.3, 0.4) is 0 Å². The van der Waals surface area contributed by atoms with Gasteiger partial charge in [-0.15, -0.1) is 0 Å². The maximum absolute atomic E-state index is 13.2. The van der Waals surface area contributed by atoms with Crippen molar-refractivity contribution in [1.82, 2.24) is 4.57 Å². The van der Waals surface area contributed by atoms with E-state index in [0.29, 0.717) is 21.6 Å². The van der Waals surface area contributed by atoms with Gasteiger partial charge in [0.05, 0.1) is 9.79 Å². The third-order valence-corrected chi connectivity index (χ3v) is 7.16. The lowest BCUT2D eigenvalue weighted by atomic mass is 10.2. The van der Waals surface area contributed by atoms with Gasteiger partial charge >= 0.3 is 0 Å². The Morgan fingerprint density at radius 2 is 1.67 bits per heavy atom. The maximum atomic E-state index is 13.2. The molecule has 0 spiro atoms. The molecule has 0 fully saturated rings. The number of anilines is 1. The standard InChI is InChI=1S/C23H19ClN2O3S/c1-16-19(24)11-7-12-20(16)25-23(27)15-26-14-22(18-10-5-6-13-21(18)26)30(28,29)17-8-3-2-4-9-17/h2-14H,15H2,1H3,(H,25,27). The van der Waals surface area contributed by atoms with E-state index < -0.39 is 9.84 Å². The van der Waals surface area contributed by atoms with E-state index in [4.69, 9.17) is 11.6 Å². The Balaban J connectivity index is 1.71. The normalized spacial score (nSPS) is 11.5. The molecule has 152 valence electrons. The summed E-state index contributed by atoms with van der Waals surface area (Å²) in [7, 11) is -3.72. The van der Waals surface area contributed by atoms with Gasteiger partial charge in [0, 0.05) is 27.8 Å². The van der Waals surface area contributed by atoms with Crippen molar-refractivity contribution >= 4 is 43.9 Å². The Morgan fingerprint density at radius 3 is 2.43 bits per heavy atom. The van der Waals surface area contributed by atoms with Gasteiger partial charge in [-0.2, -0.15) is 0 Å². The van der Waals surface area contributed by atoms with E-state index in [0.717, 1.165) is 5.56 Å². The number of para-hydroxylation sites is 1. The number of benzene rings is 3. The van der Waals surface area contributed by atoms with Crippen LogP contribution in [0.2, 0.25) is 5.02 Å². The molecule has 0 saturated carbocycles. The number of sulfone groups is 1. The van der Waals surface area contributed by atoms with Gasteiger partial charge in [0.15, 0.2) is 0 Å². The summed E-state index contributed by atoms with van der Waals surface area (Å²) in [6, 6.07) is 20.7.